The standard InChI is InChI=1S/C27H33N2O5P/c28-20-12-4-7-15-24(29-27(30)32-21-23-13-5-1-6-14-23)22-35(31,33-25-16-8-2-9-17-25)34-26-18-10-3-11-19-26/h1-3,5-6,8-11,13-14,16-19,24H,4,7,12,15,20-22,28H2,(H,29,30). The molecule has 3 aromatic carbocycles. The molecule has 1 amide bonds. The molecule has 0 spiro atoms. The van der Waals surface area contributed by atoms with Crippen molar-refractivity contribution in [1.29, 1.82) is 0 Å². The fourth-order valence-electron chi connectivity index (χ4n) is 3.50. The predicted octanol–water partition coefficient (Wildman–Crippen LogP) is 6.15. The van der Waals surface area contributed by atoms with Gasteiger partial charge in [-0.15, -0.1) is 0 Å². The van der Waals surface area contributed by atoms with Crippen molar-refractivity contribution < 1.29 is 23.1 Å². The van der Waals surface area contributed by atoms with Crippen LogP contribution in [0.15, 0.2) is 91.0 Å². The third-order valence-electron chi connectivity index (χ3n) is 5.21. The highest BCUT2D eigenvalue weighted by atomic mass is 31.2. The summed E-state index contributed by atoms with van der Waals surface area (Å²) in [6, 6.07) is 26.7. The number of alkyl carbamates (subject to hydrolysis) is 1. The Labute approximate surface area is 207 Å². The summed E-state index contributed by atoms with van der Waals surface area (Å²) in [6.45, 7) is 0.745. The summed E-state index contributed by atoms with van der Waals surface area (Å²) >= 11 is 0. The molecule has 7 nitrogen and oxygen atoms in total. The molecule has 3 N–H and O–H groups in total. The highest BCUT2D eigenvalue weighted by molar-refractivity contribution is 7.54. The number of benzene rings is 3. The van der Waals surface area contributed by atoms with E-state index >= 15 is 0 Å². The lowest BCUT2D eigenvalue weighted by molar-refractivity contribution is 0.135. The summed E-state index contributed by atoms with van der Waals surface area (Å²) < 4.78 is 31.1. The highest BCUT2D eigenvalue weighted by Crippen LogP contribution is 2.49. The lowest BCUT2D eigenvalue weighted by Gasteiger charge is -2.25. The van der Waals surface area contributed by atoms with E-state index in [0.717, 1.165) is 24.8 Å². The minimum atomic E-state index is -3.70. The first kappa shape index (κ1) is 26.3. The first-order valence-corrected chi connectivity index (χ1v) is 13.5. The third-order valence-corrected chi connectivity index (χ3v) is 7.08. The van der Waals surface area contributed by atoms with E-state index < -0.39 is 19.7 Å². The van der Waals surface area contributed by atoms with Crippen molar-refractivity contribution in [3.63, 3.8) is 0 Å². The van der Waals surface area contributed by atoms with E-state index in [9.17, 15) is 9.36 Å². The smallest absolute Gasteiger partial charge is 0.432 e. The van der Waals surface area contributed by atoms with Crippen molar-refractivity contribution in [2.24, 2.45) is 5.73 Å². The summed E-state index contributed by atoms with van der Waals surface area (Å²) in [5, 5.41) is 2.87. The number of hydrogen-bond donors (Lipinski definition) is 2. The maximum Gasteiger partial charge on any atom is 0.432 e. The zero-order chi connectivity index (χ0) is 24.8. The van der Waals surface area contributed by atoms with Crippen molar-refractivity contribution >= 4 is 13.7 Å². The number of hydrogen-bond acceptors (Lipinski definition) is 6. The Morgan fingerprint density at radius 3 is 1.89 bits per heavy atom. The van der Waals surface area contributed by atoms with Crippen LogP contribution in [0.5, 0.6) is 11.5 Å². The minimum absolute atomic E-state index is 0.0140. The van der Waals surface area contributed by atoms with E-state index in [1.165, 1.54) is 0 Å². The number of carbonyl (C=O) groups is 1. The van der Waals surface area contributed by atoms with Crippen LogP contribution >= 0.6 is 7.60 Å². The molecule has 0 fully saturated rings. The molecule has 0 saturated heterocycles. The number of para-hydroxylation sites is 2. The van der Waals surface area contributed by atoms with Gasteiger partial charge in [0.2, 0.25) is 0 Å². The van der Waals surface area contributed by atoms with Crippen molar-refractivity contribution in [3.05, 3.63) is 96.6 Å². The van der Waals surface area contributed by atoms with E-state index in [1.54, 1.807) is 48.5 Å². The van der Waals surface area contributed by atoms with Gasteiger partial charge in [-0.3, -0.25) is 0 Å². The number of rotatable bonds is 14. The molecule has 0 aromatic heterocycles. The Bertz CT molecular complexity index is 1010. The molecule has 0 aliphatic rings. The van der Waals surface area contributed by atoms with Gasteiger partial charge in [-0.25, -0.2) is 9.36 Å². The molecule has 0 bridgehead atoms. The second kappa shape index (κ2) is 14.2. The fraction of sp³-hybridized carbons (Fsp3) is 0.296. The van der Waals surface area contributed by atoms with Crippen LogP contribution in [0.4, 0.5) is 4.79 Å². The Morgan fingerprint density at radius 1 is 0.800 bits per heavy atom. The van der Waals surface area contributed by atoms with Crippen LogP contribution in [0, 0.1) is 0 Å². The number of unbranched alkanes of at least 4 members (excludes halogenated alkanes) is 2. The molecule has 0 heterocycles. The summed E-state index contributed by atoms with van der Waals surface area (Å²) in [6.07, 6.45) is 2.57. The van der Waals surface area contributed by atoms with E-state index in [-0.39, 0.29) is 12.8 Å². The van der Waals surface area contributed by atoms with Gasteiger partial charge in [0.05, 0.1) is 6.16 Å². The van der Waals surface area contributed by atoms with Crippen LogP contribution in [0.1, 0.15) is 31.2 Å². The van der Waals surface area contributed by atoms with Crippen molar-refractivity contribution in [2.45, 2.75) is 38.3 Å². The first-order valence-electron chi connectivity index (χ1n) is 11.8. The Balaban J connectivity index is 1.72. The van der Waals surface area contributed by atoms with E-state index in [1.807, 2.05) is 42.5 Å². The molecule has 3 rings (SSSR count). The second-order valence-corrected chi connectivity index (χ2v) is 10.1. The predicted molar refractivity (Wildman–Crippen MR) is 138 cm³/mol. The molecule has 186 valence electrons. The Kier molecular flexibility index (Phi) is 10.7. The van der Waals surface area contributed by atoms with Gasteiger partial charge in [0, 0.05) is 6.04 Å². The average molecular weight is 497 g/mol. The molecule has 35 heavy (non-hydrogen) atoms. The van der Waals surface area contributed by atoms with Crippen LogP contribution in [0.25, 0.3) is 0 Å². The Hall–Kier alpha value is -3.28. The summed E-state index contributed by atoms with van der Waals surface area (Å²) in [7, 11) is -3.70. The molecule has 8 heteroatoms. The van der Waals surface area contributed by atoms with Crippen LogP contribution < -0.4 is 20.1 Å². The molecule has 0 aliphatic carbocycles. The average Bonchev–Trinajstić information content (AvgIpc) is 2.87. The molecule has 0 aliphatic heterocycles. The molecule has 3 aromatic rings. The quantitative estimate of drug-likeness (QED) is 0.205. The summed E-state index contributed by atoms with van der Waals surface area (Å²) in [5.41, 5.74) is 6.50. The molecular weight excluding hydrogens is 463 g/mol. The number of nitrogens with two attached hydrogens (primary N) is 1. The number of carbonyl (C=O) groups excluding carboxylic acids is 1. The largest absolute Gasteiger partial charge is 0.445 e. The monoisotopic (exact) mass is 496 g/mol. The summed E-state index contributed by atoms with van der Waals surface area (Å²) in [4.78, 5) is 12.6. The second-order valence-electron chi connectivity index (χ2n) is 8.14. The molecule has 1 atom stereocenters. The molecule has 1 unspecified atom stereocenters. The molecular formula is C27H33N2O5P. The summed E-state index contributed by atoms with van der Waals surface area (Å²) in [5.74, 6) is 0.862. The van der Waals surface area contributed by atoms with E-state index in [4.69, 9.17) is 19.5 Å². The maximum atomic E-state index is 14.0. The van der Waals surface area contributed by atoms with Crippen LogP contribution in [-0.4, -0.2) is 24.8 Å². The topological polar surface area (TPSA) is 99.9 Å². The van der Waals surface area contributed by atoms with Gasteiger partial charge >= 0.3 is 13.7 Å². The van der Waals surface area contributed by atoms with Gasteiger partial charge in [-0.2, -0.15) is 0 Å². The van der Waals surface area contributed by atoms with E-state index in [2.05, 4.69) is 5.32 Å². The zero-order valence-corrected chi connectivity index (χ0v) is 20.6. The van der Waals surface area contributed by atoms with Crippen molar-refractivity contribution in [1.82, 2.24) is 5.32 Å². The van der Waals surface area contributed by atoms with Crippen LogP contribution in [0.2, 0.25) is 0 Å². The van der Waals surface area contributed by atoms with Gasteiger partial charge in [-0.1, -0.05) is 79.6 Å². The van der Waals surface area contributed by atoms with Gasteiger partial charge in [0.1, 0.15) is 18.1 Å². The molecule has 0 radical (unpaired) electrons. The van der Waals surface area contributed by atoms with Crippen molar-refractivity contribution in [3.8, 4) is 11.5 Å². The van der Waals surface area contributed by atoms with Gasteiger partial charge in [0.15, 0.2) is 0 Å². The third kappa shape index (κ3) is 9.85. The fourth-order valence-corrected chi connectivity index (χ4v) is 5.39. The zero-order valence-electron chi connectivity index (χ0n) is 19.8. The Morgan fingerprint density at radius 2 is 1.34 bits per heavy atom. The van der Waals surface area contributed by atoms with Crippen molar-refractivity contribution in [2.75, 3.05) is 12.7 Å². The van der Waals surface area contributed by atoms with Crippen LogP contribution in [-0.2, 0) is 15.9 Å². The number of nitrogens with one attached hydrogen (secondary N) is 1. The molecule has 0 saturated carbocycles. The lowest BCUT2D eigenvalue weighted by atomic mass is 10.1. The first-order chi connectivity index (χ1) is 17.1. The maximum absolute atomic E-state index is 14.0. The van der Waals surface area contributed by atoms with Gasteiger partial charge < -0.3 is 24.8 Å². The van der Waals surface area contributed by atoms with Gasteiger partial charge in [0.25, 0.3) is 0 Å². The minimum Gasteiger partial charge on any atom is -0.445 e. The van der Waals surface area contributed by atoms with Crippen LogP contribution in [0.3, 0.4) is 0 Å². The lowest BCUT2D eigenvalue weighted by Crippen LogP contribution is -2.38. The highest BCUT2D eigenvalue weighted by Gasteiger charge is 2.33. The van der Waals surface area contributed by atoms with E-state index in [0.29, 0.717) is 24.5 Å². The SMILES string of the molecule is NCCCCCC(CP(=O)(Oc1ccccc1)Oc1ccccc1)NC(=O)OCc1ccccc1. The number of amides is 1. The number of ether oxygens (including phenoxy) is 1. The van der Waals surface area contributed by atoms with Gasteiger partial charge in [-0.05, 0) is 49.2 Å². The normalized spacial score (nSPS) is 11.9.